The lowest BCUT2D eigenvalue weighted by Gasteiger charge is -2.33. The number of hydrogen-bond acceptors (Lipinski definition) is 7. The lowest BCUT2D eigenvalue weighted by molar-refractivity contribution is 0.110. The number of aromatic nitrogens is 2. The third-order valence-electron chi connectivity index (χ3n) is 4.84. The van der Waals surface area contributed by atoms with E-state index in [0.717, 1.165) is 25.9 Å². The molecule has 1 aliphatic rings. The fourth-order valence-electron chi connectivity index (χ4n) is 3.64. The van der Waals surface area contributed by atoms with Gasteiger partial charge in [-0.25, -0.2) is 4.98 Å². The monoisotopic (exact) mass is 402 g/mol. The van der Waals surface area contributed by atoms with Crippen LogP contribution in [-0.2, 0) is 0 Å². The van der Waals surface area contributed by atoms with Gasteiger partial charge in [-0.1, -0.05) is 11.6 Å². The molecule has 3 aromatic rings. The number of aliphatic hydroxyl groups is 1. The fourth-order valence-corrected chi connectivity index (χ4v) is 3.81. The zero-order chi connectivity index (χ0) is 19.7. The van der Waals surface area contributed by atoms with Gasteiger partial charge in [-0.05, 0) is 56.6 Å². The second-order valence-corrected chi connectivity index (χ2v) is 7.73. The standard InChI is InChI=1S/C20H23ClN4O3/c1-12(26)10-25-8-2-3-14(11-25)22-20-24-19-18(28-20)7-6-16(23-19)15-5-4-13(21)9-17(15)27/h4-7,9,12,14,26-27H,2-3,8,10-11H2,1H3,(H,22,23,24). The third-order valence-corrected chi connectivity index (χ3v) is 5.08. The van der Waals surface area contributed by atoms with Crippen molar-refractivity contribution in [3.05, 3.63) is 35.4 Å². The van der Waals surface area contributed by atoms with E-state index in [-0.39, 0.29) is 17.9 Å². The number of likely N-dealkylation sites (tertiary alicyclic amines) is 1. The number of rotatable bonds is 5. The first-order valence-electron chi connectivity index (χ1n) is 9.41. The summed E-state index contributed by atoms with van der Waals surface area (Å²) in [6.45, 7) is 4.30. The molecule has 0 spiro atoms. The summed E-state index contributed by atoms with van der Waals surface area (Å²) in [7, 11) is 0. The number of piperidine rings is 1. The van der Waals surface area contributed by atoms with E-state index in [9.17, 15) is 10.2 Å². The number of benzene rings is 1. The Morgan fingerprint density at radius 1 is 1.32 bits per heavy atom. The number of anilines is 1. The van der Waals surface area contributed by atoms with Crippen molar-refractivity contribution in [1.82, 2.24) is 14.9 Å². The minimum Gasteiger partial charge on any atom is -0.507 e. The number of aromatic hydroxyl groups is 1. The van der Waals surface area contributed by atoms with Gasteiger partial charge in [0.05, 0.1) is 11.8 Å². The average molecular weight is 403 g/mol. The minimum absolute atomic E-state index is 0.0709. The van der Waals surface area contributed by atoms with Crippen molar-refractivity contribution in [3.63, 3.8) is 0 Å². The number of phenols is 1. The van der Waals surface area contributed by atoms with E-state index in [1.165, 1.54) is 6.07 Å². The molecule has 1 saturated heterocycles. The third kappa shape index (κ3) is 4.22. The van der Waals surface area contributed by atoms with E-state index < -0.39 is 0 Å². The largest absolute Gasteiger partial charge is 0.507 e. The second kappa shape index (κ2) is 7.95. The fraction of sp³-hybridized carbons (Fsp3) is 0.400. The molecule has 3 N–H and O–H groups in total. The molecule has 1 aliphatic heterocycles. The molecule has 4 rings (SSSR count). The number of β-amino-alcohol motifs (C(OH)–C–C–N with tert-alkyl or cyclic N) is 1. The molecule has 28 heavy (non-hydrogen) atoms. The van der Waals surface area contributed by atoms with Gasteiger partial charge in [0.1, 0.15) is 5.75 Å². The number of phenolic OH excluding ortho intramolecular Hbond substituents is 1. The molecule has 1 fully saturated rings. The van der Waals surface area contributed by atoms with Crippen LogP contribution in [0.15, 0.2) is 34.7 Å². The molecule has 3 heterocycles. The van der Waals surface area contributed by atoms with Gasteiger partial charge in [0, 0.05) is 29.7 Å². The molecule has 0 aliphatic carbocycles. The van der Waals surface area contributed by atoms with Crippen LogP contribution in [0.5, 0.6) is 5.75 Å². The molecule has 148 valence electrons. The maximum absolute atomic E-state index is 10.1. The van der Waals surface area contributed by atoms with E-state index in [2.05, 4.69) is 20.2 Å². The Bertz CT molecular complexity index is 975. The van der Waals surface area contributed by atoms with Gasteiger partial charge in [0.2, 0.25) is 5.65 Å². The van der Waals surface area contributed by atoms with Gasteiger partial charge in [0.15, 0.2) is 5.58 Å². The molecule has 0 amide bonds. The Morgan fingerprint density at radius 2 is 2.18 bits per heavy atom. The molecule has 7 nitrogen and oxygen atoms in total. The number of fused-ring (bicyclic) bond motifs is 1. The van der Waals surface area contributed by atoms with Crippen LogP contribution >= 0.6 is 11.6 Å². The van der Waals surface area contributed by atoms with Crippen molar-refractivity contribution in [2.75, 3.05) is 25.0 Å². The number of aliphatic hydroxyl groups excluding tert-OH is 1. The number of pyridine rings is 1. The van der Waals surface area contributed by atoms with Crippen LogP contribution < -0.4 is 5.32 Å². The van der Waals surface area contributed by atoms with Crippen LogP contribution in [0.4, 0.5) is 6.01 Å². The van der Waals surface area contributed by atoms with Gasteiger partial charge in [-0.2, -0.15) is 4.98 Å². The van der Waals surface area contributed by atoms with E-state index >= 15 is 0 Å². The Kier molecular flexibility index (Phi) is 5.39. The quantitative estimate of drug-likeness (QED) is 0.601. The first-order valence-corrected chi connectivity index (χ1v) is 9.79. The molecule has 1 aromatic carbocycles. The highest BCUT2D eigenvalue weighted by Crippen LogP contribution is 2.31. The van der Waals surface area contributed by atoms with E-state index in [1.807, 2.05) is 0 Å². The van der Waals surface area contributed by atoms with Crippen LogP contribution in [0.3, 0.4) is 0 Å². The molecule has 2 aromatic heterocycles. The van der Waals surface area contributed by atoms with Crippen molar-refractivity contribution in [2.24, 2.45) is 0 Å². The van der Waals surface area contributed by atoms with E-state index in [1.54, 1.807) is 31.2 Å². The first kappa shape index (κ1) is 19.0. The van der Waals surface area contributed by atoms with Gasteiger partial charge < -0.3 is 19.9 Å². The molecular formula is C20H23ClN4O3. The first-order chi connectivity index (χ1) is 13.5. The Morgan fingerprint density at radius 3 is 2.96 bits per heavy atom. The Labute approximate surface area is 168 Å². The smallest absolute Gasteiger partial charge is 0.297 e. The number of nitrogens with one attached hydrogen (secondary N) is 1. The zero-order valence-corrected chi connectivity index (χ0v) is 16.4. The van der Waals surface area contributed by atoms with Crippen LogP contribution in [-0.4, -0.2) is 56.9 Å². The second-order valence-electron chi connectivity index (χ2n) is 7.29. The van der Waals surface area contributed by atoms with Gasteiger partial charge in [0.25, 0.3) is 6.01 Å². The predicted molar refractivity (Wildman–Crippen MR) is 109 cm³/mol. The Balaban J connectivity index is 1.52. The topological polar surface area (TPSA) is 94.7 Å². The lowest BCUT2D eigenvalue weighted by atomic mass is 10.1. The number of oxazole rings is 1. The van der Waals surface area contributed by atoms with Crippen LogP contribution in [0.1, 0.15) is 19.8 Å². The van der Waals surface area contributed by atoms with Gasteiger partial charge in [-0.15, -0.1) is 0 Å². The number of halogens is 1. The minimum atomic E-state index is -0.338. The highest BCUT2D eigenvalue weighted by atomic mass is 35.5. The van der Waals surface area contributed by atoms with Crippen molar-refractivity contribution in [3.8, 4) is 17.0 Å². The van der Waals surface area contributed by atoms with Crippen molar-refractivity contribution in [1.29, 1.82) is 0 Å². The van der Waals surface area contributed by atoms with Crippen molar-refractivity contribution < 1.29 is 14.6 Å². The molecular weight excluding hydrogens is 380 g/mol. The SMILES string of the molecule is CC(O)CN1CCCC(Nc2nc3nc(-c4ccc(Cl)cc4O)ccc3o2)C1. The summed E-state index contributed by atoms with van der Waals surface area (Å²) in [6.07, 6.45) is 1.74. The summed E-state index contributed by atoms with van der Waals surface area (Å²) in [6, 6.07) is 9.14. The summed E-state index contributed by atoms with van der Waals surface area (Å²) in [5, 5.41) is 23.5. The van der Waals surface area contributed by atoms with Crippen LogP contribution in [0, 0.1) is 0 Å². The summed E-state index contributed by atoms with van der Waals surface area (Å²) < 4.78 is 5.79. The summed E-state index contributed by atoms with van der Waals surface area (Å²) in [5.41, 5.74) is 2.24. The molecule has 0 saturated carbocycles. The maximum atomic E-state index is 10.1. The molecule has 8 heteroatoms. The summed E-state index contributed by atoms with van der Waals surface area (Å²) in [5.74, 6) is 0.0709. The molecule has 2 atom stereocenters. The maximum Gasteiger partial charge on any atom is 0.297 e. The Hall–Kier alpha value is -2.35. The summed E-state index contributed by atoms with van der Waals surface area (Å²) >= 11 is 5.90. The number of hydrogen-bond donors (Lipinski definition) is 3. The molecule has 2 unspecified atom stereocenters. The van der Waals surface area contributed by atoms with Crippen molar-refractivity contribution in [2.45, 2.75) is 31.9 Å². The molecule has 0 bridgehead atoms. The molecule has 0 radical (unpaired) electrons. The van der Waals surface area contributed by atoms with Crippen molar-refractivity contribution >= 4 is 28.8 Å². The van der Waals surface area contributed by atoms with E-state index in [0.29, 0.717) is 40.1 Å². The predicted octanol–water partition coefficient (Wildman–Crippen LogP) is 3.51. The number of nitrogens with zero attached hydrogens (tertiary/aromatic N) is 3. The highest BCUT2D eigenvalue weighted by molar-refractivity contribution is 6.30. The van der Waals surface area contributed by atoms with Crippen LogP contribution in [0.25, 0.3) is 22.5 Å². The normalized spacial score (nSPS) is 19.0. The van der Waals surface area contributed by atoms with E-state index in [4.69, 9.17) is 16.0 Å². The van der Waals surface area contributed by atoms with Crippen LogP contribution in [0.2, 0.25) is 5.02 Å². The van der Waals surface area contributed by atoms with Gasteiger partial charge in [-0.3, -0.25) is 4.90 Å². The zero-order valence-electron chi connectivity index (χ0n) is 15.6. The highest BCUT2D eigenvalue weighted by Gasteiger charge is 2.22. The average Bonchev–Trinajstić information content (AvgIpc) is 3.02. The summed E-state index contributed by atoms with van der Waals surface area (Å²) in [4.78, 5) is 11.2. The van der Waals surface area contributed by atoms with Gasteiger partial charge >= 0.3 is 0 Å². The lowest BCUT2D eigenvalue weighted by Crippen LogP contribution is -2.44.